The highest BCUT2D eigenvalue weighted by Gasteiger charge is 2.50. The average Bonchev–Trinajstić information content (AvgIpc) is 2.94. The Morgan fingerprint density at radius 1 is 1.35 bits per heavy atom. The molecule has 2 aliphatic rings. The van der Waals surface area contributed by atoms with E-state index < -0.39 is 6.10 Å². The van der Waals surface area contributed by atoms with Crippen molar-refractivity contribution in [2.24, 2.45) is 0 Å². The van der Waals surface area contributed by atoms with Crippen LogP contribution in [-0.4, -0.2) is 45.3 Å². The molecule has 2 saturated heterocycles. The first kappa shape index (κ1) is 19.2. The summed E-state index contributed by atoms with van der Waals surface area (Å²) >= 11 is 0. The standard InChI is InChI=1S/C21H31NO4/c1-12(2)15-9-14(13(3)19(24)20(15)25)10-18-22-16(17(11-23)26-18)7-6-8-21(22,4)5/h9,11-12,16-18,24-25H,6-8,10H2,1-5H3/t16?,17-,18-/m1/s1. The molecule has 0 amide bonds. The fourth-order valence-electron chi connectivity index (χ4n) is 4.66. The van der Waals surface area contributed by atoms with Gasteiger partial charge in [0.15, 0.2) is 11.5 Å². The number of rotatable bonds is 4. The predicted octanol–water partition coefficient (Wildman–Crippen LogP) is 3.63. The molecule has 5 heteroatoms. The molecule has 0 aliphatic carbocycles. The van der Waals surface area contributed by atoms with Crippen LogP contribution in [0.15, 0.2) is 6.07 Å². The third kappa shape index (κ3) is 3.12. The van der Waals surface area contributed by atoms with Gasteiger partial charge < -0.3 is 19.7 Å². The zero-order chi connectivity index (χ0) is 19.2. The van der Waals surface area contributed by atoms with E-state index in [1.807, 2.05) is 26.8 Å². The van der Waals surface area contributed by atoms with Crippen LogP contribution in [-0.2, 0) is 16.0 Å². The number of carbonyl (C=O) groups excluding carboxylic acids is 1. The van der Waals surface area contributed by atoms with E-state index in [0.717, 1.165) is 36.7 Å². The second-order valence-corrected chi connectivity index (χ2v) is 8.68. The molecule has 3 atom stereocenters. The second-order valence-electron chi connectivity index (χ2n) is 8.68. The highest BCUT2D eigenvalue weighted by molar-refractivity contribution is 5.58. The van der Waals surface area contributed by atoms with Gasteiger partial charge in [-0.25, -0.2) is 0 Å². The molecule has 2 heterocycles. The Balaban J connectivity index is 1.96. The molecule has 0 aromatic heterocycles. The van der Waals surface area contributed by atoms with E-state index in [1.54, 1.807) is 0 Å². The molecule has 2 aliphatic heterocycles. The first-order valence-corrected chi connectivity index (χ1v) is 9.61. The molecule has 1 aromatic carbocycles. The van der Waals surface area contributed by atoms with E-state index in [4.69, 9.17) is 4.74 Å². The van der Waals surface area contributed by atoms with Crippen LogP contribution in [0.1, 0.15) is 69.6 Å². The number of ether oxygens (including phenoxy) is 1. The van der Waals surface area contributed by atoms with E-state index in [0.29, 0.717) is 12.0 Å². The van der Waals surface area contributed by atoms with Crippen molar-refractivity contribution in [3.05, 3.63) is 22.8 Å². The summed E-state index contributed by atoms with van der Waals surface area (Å²) in [4.78, 5) is 13.9. The minimum Gasteiger partial charge on any atom is -0.504 e. The number of benzene rings is 1. The molecule has 5 nitrogen and oxygen atoms in total. The molecule has 2 N–H and O–H groups in total. The van der Waals surface area contributed by atoms with Gasteiger partial charge in [0.05, 0.1) is 0 Å². The van der Waals surface area contributed by atoms with E-state index >= 15 is 0 Å². The van der Waals surface area contributed by atoms with Gasteiger partial charge in [-0.3, -0.25) is 4.90 Å². The highest BCUT2D eigenvalue weighted by atomic mass is 16.5. The van der Waals surface area contributed by atoms with Crippen molar-refractivity contribution in [3.63, 3.8) is 0 Å². The van der Waals surface area contributed by atoms with Crippen LogP contribution in [0.25, 0.3) is 0 Å². The lowest BCUT2D eigenvalue weighted by Crippen LogP contribution is -2.55. The van der Waals surface area contributed by atoms with Crippen molar-refractivity contribution < 1.29 is 19.7 Å². The van der Waals surface area contributed by atoms with E-state index in [2.05, 4.69) is 18.7 Å². The maximum Gasteiger partial charge on any atom is 0.161 e. The fourth-order valence-corrected chi connectivity index (χ4v) is 4.66. The zero-order valence-electron chi connectivity index (χ0n) is 16.5. The second kappa shape index (κ2) is 6.86. The summed E-state index contributed by atoms with van der Waals surface area (Å²) in [6.45, 7) is 10.2. The molecule has 1 aromatic rings. The number of piperidine rings is 1. The largest absolute Gasteiger partial charge is 0.504 e. The van der Waals surface area contributed by atoms with Crippen LogP contribution in [0.5, 0.6) is 11.5 Å². The molecule has 2 fully saturated rings. The highest BCUT2D eigenvalue weighted by Crippen LogP contribution is 2.43. The Morgan fingerprint density at radius 2 is 2.04 bits per heavy atom. The van der Waals surface area contributed by atoms with Gasteiger partial charge in [0.25, 0.3) is 0 Å². The number of aldehydes is 1. The summed E-state index contributed by atoms with van der Waals surface area (Å²) in [7, 11) is 0. The lowest BCUT2D eigenvalue weighted by atomic mass is 9.84. The summed E-state index contributed by atoms with van der Waals surface area (Å²) in [5.74, 6) is 0.0211. The van der Waals surface area contributed by atoms with Gasteiger partial charge in [-0.05, 0) is 57.1 Å². The Labute approximate surface area is 156 Å². The number of hydrogen-bond acceptors (Lipinski definition) is 5. The van der Waals surface area contributed by atoms with Crippen molar-refractivity contribution in [2.75, 3.05) is 0 Å². The van der Waals surface area contributed by atoms with Crippen LogP contribution in [0.3, 0.4) is 0 Å². The van der Waals surface area contributed by atoms with Gasteiger partial charge in [-0.1, -0.05) is 19.9 Å². The summed E-state index contributed by atoms with van der Waals surface area (Å²) in [5.41, 5.74) is 2.35. The molecule has 0 spiro atoms. The monoisotopic (exact) mass is 361 g/mol. The lowest BCUT2D eigenvalue weighted by molar-refractivity contribution is -0.118. The predicted molar refractivity (Wildman–Crippen MR) is 101 cm³/mol. The number of phenolic OH excluding ortho intramolecular Hbond substituents is 2. The maximum absolute atomic E-state index is 11.6. The third-order valence-electron chi connectivity index (χ3n) is 6.16. The van der Waals surface area contributed by atoms with Crippen molar-refractivity contribution >= 4 is 6.29 Å². The molecule has 26 heavy (non-hydrogen) atoms. The number of fused-ring (bicyclic) bond motifs is 1. The Hall–Kier alpha value is -1.59. The maximum atomic E-state index is 11.6. The van der Waals surface area contributed by atoms with Crippen LogP contribution in [0.2, 0.25) is 0 Å². The van der Waals surface area contributed by atoms with Gasteiger partial charge >= 0.3 is 0 Å². The number of aromatic hydroxyl groups is 2. The SMILES string of the molecule is Cc1c(C[C@H]2O[C@H](C=O)C3CCCC(C)(C)N32)cc(C(C)C)c(O)c1O. The summed E-state index contributed by atoms with van der Waals surface area (Å²) < 4.78 is 6.14. The van der Waals surface area contributed by atoms with Crippen molar-refractivity contribution in [1.29, 1.82) is 0 Å². The number of hydrogen-bond donors (Lipinski definition) is 2. The molecule has 0 bridgehead atoms. The summed E-state index contributed by atoms with van der Waals surface area (Å²) in [5, 5.41) is 20.6. The molecule has 1 unspecified atom stereocenters. The first-order valence-electron chi connectivity index (χ1n) is 9.61. The van der Waals surface area contributed by atoms with E-state index in [1.165, 1.54) is 0 Å². The summed E-state index contributed by atoms with van der Waals surface area (Å²) in [6.07, 6.45) is 4.07. The van der Waals surface area contributed by atoms with E-state index in [9.17, 15) is 15.0 Å². The van der Waals surface area contributed by atoms with Crippen LogP contribution in [0, 0.1) is 6.92 Å². The Morgan fingerprint density at radius 3 is 2.65 bits per heavy atom. The normalized spacial score (nSPS) is 28.3. The van der Waals surface area contributed by atoms with Crippen molar-refractivity contribution in [3.8, 4) is 11.5 Å². The minimum atomic E-state index is -0.393. The van der Waals surface area contributed by atoms with E-state index in [-0.39, 0.29) is 35.2 Å². The zero-order valence-corrected chi connectivity index (χ0v) is 16.5. The van der Waals surface area contributed by atoms with Gasteiger partial charge in [-0.15, -0.1) is 0 Å². The molecule has 0 radical (unpaired) electrons. The third-order valence-corrected chi connectivity index (χ3v) is 6.16. The van der Waals surface area contributed by atoms with Crippen LogP contribution in [0.4, 0.5) is 0 Å². The van der Waals surface area contributed by atoms with Crippen LogP contribution < -0.4 is 0 Å². The number of nitrogens with zero attached hydrogens (tertiary/aromatic N) is 1. The topological polar surface area (TPSA) is 70.0 Å². The van der Waals surface area contributed by atoms with Crippen LogP contribution >= 0.6 is 0 Å². The van der Waals surface area contributed by atoms with Gasteiger partial charge in [-0.2, -0.15) is 0 Å². The quantitative estimate of drug-likeness (QED) is 0.633. The Bertz CT molecular complexity index is 698. The van der Waals surface area contributed by atoms with Crippen molar-refractivity contribution in [2.45, 2.75) is 90.1 Å². The van der Waals surface area contributed by atoms with Gasteiger partial charge in [0.2, 0.25) is 0 Å². The van der Waals surface area contributed by atoms with Gasteiger partial charge in [0, 0.05) is 23.6 Å². The average molecular weight is 361 g/mol. The molecular weight excluding hydrogens is 330 g/mol. The number of phenols is 2. The molecule has 3 rings (SSSR count). The van der Waals surface area contributed by atoms with Crippen molar-refractivity contribution in [1.82, 2.24) is 4.90 Å². The first-order chi connectivity index (χ1) is 12.2. The fraction of sp³-hybridized carbons (Fsp3) is 0.667. The van der Waals surface area contributed by atoms with Gasteiger partial charge in [0.1, 0.15) is 18.6 Å². The summed E-state index contributed by atoms with van der Waals surface area (Å²) in [6, 6.07) is 2.09. The minimum absolute atomic E-state index is 0.0287. The molecule has 0 saturated carbocycles. The molecular formula is C21H31NO4. The Kier molecular flexibility index (Phi) is 5.06. The molecule has 144 valence electrons. The smallest absolute Gasteiger partial charge is 0.161 e. The number of carbonyl (C=O) groups is 1. The lowest BCUT2D eigenvalue weighted by Gasteiger charge is -2.46.